The van der Waals surface area contributed by atoms with E-state index in [2.05, 4.69) is 45.7 Å². The van der Waals surface area contributed by atoms with Crippen LogP contribution in [0.4, 0.5) is 16.2 Å². The molecule has 4 rings (SSSR count). The largest absolute Gasteiger partial charge is 0.348 e. The van der Waals surface area contributed by atoms with Gasteiger partial charge in [-0.25, -0.2) is 9.78 Å². The fourth-order valence-corrected chi connectivity index (χ4v) is 5.19. The van der Waals surface area contributed by atoms with Gasteiger partial charge in [-0.15, -0.1) is 11.3 Å². The van der Waals surface area contributed by atoms with Gasteiger partial charge in [-0.1, -0.05) is 25.8 Å². The van der Waals surface area contributed by atoms with E-state index in [-0.39, 0.29) is 23.9 Å². The van der Waals surface area contributed by atoms with Crippen molar-refractivity contribution in [1.82, 2.24) is 15.6 Å². The highest BCUT2D eigenvalue weighted by molar-refractivity contribution is 7.21. The quantitative estimate of drug-likeness (QED) is 0.305. The molecular weight excluding hydrogens is 452 g/mol. The molecular formula is C24H24N6O3S. The van der Waals surface area contributed by atoms with Gasteiger partial charge in [-0.2, -0.15) is 0 Å². The second-order valence-corrected chi connectivity index (χ2v) is 8.70. The van der Waals surface area contributed by atoms with E-state index in [1.165, 1.54) is 46.9 Å². The van der Waals surface area contributed by atoms with Crippen LogP contribution in [0.2, 0.25) is 0 Å². The van der Waals surface area contributed by atoms with Crippen molar-refractivity contribution in [1.29, 1.82) is 0 Å². The van der Waals surface area contributed by atoms with Gasteiger partial charge in [-0.3, -0.25) is 19.5 Å². The van der Waals surface area contributed by atoms with Crippen LogP contribution in [-0.2, 0) is 4.79 Å². The Kier molecular flexibility index (Phi) is 6.69. The maximum Gasteiger partial charge on any atom is 0.331 e. The first-order valence-corrected chi connectivity index (χ1v) is 11.5. The molecule has 1 aliphatic heterocycles. The van der Waals surface area contributed by atoms with Crippen LogP contribution in [0.5, 0.6) is 0 Å². The minimum atomic E-state index is -0.440. The third-order valence-electron chi connectivity index (χ3n) is 5.66. The number of amides is 4. The van der Waals surface area contributed by atoms with E-state index in [4.69, 9.17) is 0 Å². The van der Waals surface area contributed by atoms with E-state index in [0.717, 1.165) is 19.3 Å². The van der Waals surface area contributed by atoms with Gasteiger partial charge in [0.2, 0.25) is 5.91 Å². The molecule has 1 fully saturated rings. The maximum atomic E-state index is 13.3. The predicted octanol–water partition coefficient (Wildman–Crippen LogP) is 3.89. The number of carbonyl (C=O) groups is 3. The van der Waals surface area contributed by atoms with Gasteiger partial charge in [0.15, 0.2) is 0 Å². The monoisotopic (exact) mass is 476 g/mol. The molecule has 9 nitrogen and oxygen atoms in total. The zero-order valence-corrected chi connectivity index (χ0v) is 19.2. The first-order valence-electron chi connectivity index (χ1n) is 10.7. The van der Waals surface area contributed by atoms with E-state index in [1.807, 2.05) is 0 Å². The third kappa shape index (κ3) is 4.27. The van der Waals surface area contributed by atoms with Gasteiger partial charge >= 0.3 is 6.03 Å². The number of anilines is 2. The summed E-state index contributed by atoms with van der Waals surface area (Å²) in [6.45, 7) is 10.9. The van der Waals surface area contributed by atoms with Gasteiger partial charge in [0, 0.05) is 24.5 Å². The minimum Gasteiger partial charge on any atom is -0.348 e. The number of nitrogens with zero attached hydrogens (tertiary/aromatic N) is 3. The number of hydrogen-bond donors (Lipinski definition) is 3. The molecule has 10 heteroatoms. The van der Waals surface area contributed by atoms with E-state index >= 15 is 0 Å². The van der Waals surface area contributed by atoms with E-state index in [1.54, 1.807) is 12.3 Å². The third-order valence-corrected chi connectivity index (χ3v) is 6.76. The molecule has 3 N–H and O–H groups in total. The molecule has 0 unspecified atom stereocenters. The molecule has 1 saturated carbocycles. The van der Waals surface area contributed by atoms with Crippen LogP contribution in [-0.4, -0.2) is 41.1 Å². The lowest BCUT2D eigenvalue weighted by Gasteiger charge is -2.28. The Balaban J connectivity index is 1.68. The second-order valence-electron chi connectivity index (χ2n) is 7.70. The number of thiophene rings is 1. The van der Waals surface area contributed by atoms with Crippen LogP contribution in [0, 0.1) is 0 Å². The van der Waals surface area contributed by atoms with Crippen molar-refractivity contribution >= 4 is 57.0 Å². The number of rotatable bonds is 8. The molecule has 34 heavy (non-hydrogen) atoms. The summed E-state index contributed by atoms with van der Waals surface area (Å²) in [5.74, 6) is -0.592. The molecule has 0 saturated heterocycles. The molecule has 0 radical (unpaired) electrons. The Morgan fingerprint density at radius 3 is 2.68 bits per heavy atom. The Labute approximate surface area is 200 Å². The molecule has 3 heterocycles. The van der Waals surface area contributed by atoms with E-state index < -0.39 is 6.03 Å². The summed E-state index contributed by atoms with van der Waals surface area (Å²) in [7, 11) is 0. The molecule has 1 aliphatic carbocycles. The summed E-state index contributed by atoms with van der Waals surface area (Å²) >= 11 is 1.20. The number of hydrogen-bond acceptors (Lipinski definition) is 6. The summed E-state index contributed by atoms with van der Waals surface area (Å²) in [5, 5.41) is 9.40. The van der Waals surface area contributed by atoms with Gasteiger partial charge < -0.3 is 16.0 Å². The zero-order chi connectivity index (χ0) is 24.2. The Morgan fingerprint density at radius 2 is 1.97 bits per heavy atom. The van der Waals surface area contributed by atoms with Crippen LogP contribution >= 0.6 is 11.3 Å². The summed E-state index contributed by atoms with van der Waals surface area (Å²) in [6, 6.07) is 0.889. The highest BCUT2D eigenvalue weighted by Crippen LogP contribution is 2.44. The first kappa shape index (κ1) is 23.1. The van der Waals surface area contributed by atoms with Crippen LogP contribution in [0.25, 0.3) is 10.2 Å². The van der Waals surface area contributed by atoms with Crippen molar-refractivity contribution in [3.8, 4) is 0 Å². The zero-order valence-electron chi connectivity index (χ0n) is 18.4. The number of aliphatic imine (C=N–C) groups is 1. The van der Waals surface area contributed by atoms with Crippen LogP contribution in [0.3, 0.4) is 0 Å². The van der Waals surface area contributed by atoms with Crippen molar-refractivity contribution in [3.05, 3.63) is 67.0 Å². The van der Waals surface area contributed by atoms with Crippen molar-refractivity contribution in [2.75, 3.05) is 10.2 Å². The van der Waals surface area contributed by atoms with E-state index in [0.29, 0.717) is 32.2 Å². The SMILES string of the molecule is C=C/C=N\C=C(/C=C)N1C(=O)Nc2c(C(=O)N[C@H]3CCC[C@H]3NC(=O)C=C)sc3nccc1c23. The topological polar surface area (TPSA) is 116 Å². The van der Waals surface area contributed by atoms with Crippen molar-refractivity contribution in [3.63, 3.8) is 0 Å². The van der Waals surface area contributed by atoms with Gasteiger partial charge in [0.25, 0.3) is 5.91 Å². The molecule has 2 aromatic rings. The van der Waals surface area contributed by atoms with Gasteiger partial charge in [0.05, 0.1) is 28.7 Å². The number of nitrogens with one attached hydrogen (secondary N) is 3. The summed E-state index contributed by atoms with van der Waals surface area (Å²) in [6.07, 6.45) is 11.3. The number of pyridine rings is 1. The molecule has 0 bridgehead atoms. The van der Waals surface area contributed by atoms with Crippen molar-refractivity contribution < 1.29 is 14.4 Å². The standard InChI is InChI=1S/C24H24N6O3S/c1-4-11-25-13-14(5-2)30-17-10-12-26-23-19(17)20(29-24(30)33)21(34-23)22(32)28-16-9-7-8-15(16)27-18(31)6-3/h4-6,10-13,15-16H,1-3,7-9H2,(H,27,31)(H,28,32)(H,29,33)/b14-13+,25-11-/t15-,16+/m1/s1. The molecule has 0 spiro atoms. The molecule has 2 aromatic heterocycles. The fraction of sp³-hybridized carbons (Fsp3) is 0.208. The molecule has 2 aliphatic rings. The minimum absolute atomic E-state index is 0.171. The fourth-order valence-electron chi connectivity index (χ4n) is 4.16. The first-order chi connectivity index (χ1) is 16.5. The average molecular weight is 477 g/mol. The lowest BCUT2D eigenvalue weighted by molar-refractivity contribution is -0.117. The Hall–Kier alpha value is -4.05. The summed E-state index contributed by atoms with van der Waals surface area (Å²) < 4.78 is 0. The molecule has 174 valence electrons. The Morgan fingerprint density at radius 1 is 1.21 bits per heavy atom. The maximum absolute atomic E-state index is 13.3. The van der Waals surface area contributed by atoms with Crippen LogP contribution in [0.15, 0.2) is 67.1 Å². The van der Waals surface area contributed by atoms with E-state index in [9.17, 15) is 14.4 Å². The second kappa shape index (κ2) is 9.84. The van der Waals surface area contributed by atoms with Gasteiger partial charge in [0.1, 0.15) is 9.71 Å². The highest BCUT2D eigenvalue weighted by atomic mass is 32.1. The van der Waals surface area contributed by atoms with Crippen molar-refractivity contribution in [2.45, 2.75) is 31.3 Å². The van der Waals surface area contributed by atoms with Crippen LogP contribution in [0.1, 0.15) is 28.9 Å². The number of urea groups is 1. The van der Waals surface area contributed by atoms with Crippen LogP contribution < -0.4 is 20.9 Å². The average Bonchev–Trinajstić information content (AvgIpc) is 3.42. The number of allylic oxidation sites excluding steroid dienone is 2. The highest BCUT2D eigenvalue weighted by Gasteiger charge is 2.35. The lowest BCUT2D eigenvalue weighted by Crippen LogP contribution is -2.48. The summed E-state index contributed by atoms with van der Waals surface area (Å²) in [4.78, 5) is 49.0. The predicted molar refractivity (Wildman–Crippen MR) is 135 cm³/mol. The van der Waals surface area contributed by atoms with Gasteiger partial charge in [-0.05, 0) is 37.5 Å². The number of aromatic nitrogens is 1. The molecule has 0 aromatic carbocycles. The molecule has 2 atom stereocenters. The lowest BCUT2D eigenvalue weighted by atomic mass is 10.1. The number of carbonyl (C=O) groups excluding carboxylic acids is 3. The smallest absolute Gasteiger partial charge is 0.331 e. The van der Waals surface area contributed by atoms with Crippen molar-refractivity contribution in [2.24, 2.45) is 4.99 Å². The molecule has 4 amide bonds. The summed E-state index contributed by atoms with van der Waals surface area (Å²) in [5.41, 5.74) is 1.46. The normalized spacial score (nSPS) is 19.7. The Bertz CT molecular complexity index is 1260.